The van der Waals surface area contributed by atoms with Gasteiger partial charge in [0.2, 0.25) is 5.88 Å². The Bertz CT molecular complexity index is 540. The zero-order chi connectivity index (χ0) is 12.4. The molecule has 0 fully saturated rings. The lowest BCUT2D eigenvalue weighted by Gasteiger charge is -2.12. The Labute approximate surface area is 99.7 Å². The molecule has 1 heterocycles. The predicted octanol–water partition coefficient (Wildman–Crippen LogP) is 3.29. The Kier molecular flexibility index (Phi) is 3.22. The van der Waals surface area contributed by atoms with E-state index in [0.717, 1.165) is 5.69 Å². The van der Waals surface area contributed by atoms with Gasteiger partial charge in [0.1, 0.15) is 11.5 Å². The third-order valence-corrected chi connectivity index (χ3v) is 2.45. The van der Waals surface area contributed by atoms with Crippen molar-refractivity contribution in [3.8, 4) is 5.88 Å². The standard InChI is InChI=1S/C13H15FN2O/c1-4-17-13-12(8(2)3)15-10-6-5-9(14)7-11(10)16-13/h5-8H,4H2,1-3H3. The quantitative estimate of drug-likeness (QED) is 0.817. The van der Waals surface area contributed by atoms with Gasteiger partial charge < -0.3 is 4.74 Å². The van der Waals surface area contributed by atoms with E-state index in [2.05, 4.69) is 9.97 Å². The highest BCUT2D eigenvalue weighted by atomic mass is 19.1. The van der Waals surface area contributed by atoms with Crippen LogP contribution in [0.4, 0.5) is 4.39 Å². The zero-order valence-corrected chi connectivity index (χ0v) is 10.2. The molecule has 4 heteroatoms. The van der Waals surface area contributed by atoms with Gasteiger partial charge in [0.05, 0.1) is 17.6 Å². The first-order chi connectivity index (χ1) is 8.11. The zero-order valence-electron chi connectivity index (χ0n) is 10.2. The van der Waals surface area contributed by atoms with Crippen LogP contribution in [-0.2, 0) is 0 Å². The van der Waals surface area contributed by atoms with E-state index in [1.165, 1.54) is 12.1 Å². The highest BCUT2D eigenvalue weighted by Crippen LogP contribution is 2.25. The average molecular weight is 234 g/mol. The molecule has 2 rings (SSSR count). The number of aromatic nitrogens is 2. The van der Waals surface area contributed by atoms with Crippen molar-refractivity contribution in [2.45, 2.75) is 26.7 Å². The smallest absolute Gasteiger partial charge is 0.236 e. The minimum absolute atomic E-state index is 0.221. The lowest BCUT2D eigenvalue weighted by atomic mass is 10.1. The minimum Gasteiger partial charge on any atom is -0.477 e. The summed E-state index contributed by atoms with van der Waals surface area (Å²) in [7, 11) is 0. The van der Waals surface area contributed by atoms with Crippen LogP contribution in [-0.4, -0.2) is 16.6 Å². The summed E-state index contributed by atoms with van der Waals surface area (Å²) in [6.45, 7) is 6.47. The molecular weight excluding hydrogens is 219 g/mol. The van der Waals surface area contributed by atoms with Crippen molar-refractivity contribution < 1.29 is 9.13 Å². The van der Waals surface area contributed by atoms with Crippen LogP contribution in [0.25, 0.3) is 11.0 Å². The van der Waals surface area contributed by atoms with Crippen molar-refractivity contribution in [1.82, 2.24) is 9.97 Å². The van der Waals surface area contributed by atoms with Crippen LogP contribution in [0.5, 0.6) is 5.88 Å². The molecule has 0 amide bonds. The van der Waals surface area contributed by atoms with Crippen molar-refractivity contribution >= 4 is 11.0 Å². The number of fused-ring (bicyclic) bond motifs is 1. The van der Waals surface area contributed by atoms with E-state index in [-0.39, 0.29) is 11.7 Å². The van der Waals surface area contributed by atoms with E-state index in [9.17, 15) is 4.39 Å². The first-order valence-corrected chi connectivity index (χ1v) is 5.71. The molecule has 1 aromatic carbocycles. The third kappa shape index (κ3) is 2.35. The molecule has 3 nitrogen and oxygen atoms in total. The van der Waals surface area contributed by atoms with Crippen LogP contribution in [0.2, 0.25) is 0 Å². The van der Waals surface area contributed by atoms with Crippen LogP contribution in [0.3, 0.4) is 0 Å². The summed E-state index contributed by atoms with van der Waals surface area (Å²) in [5.41, 5.74) is 2.03. The minimum atomic E-state index is -0.313. The van der Waals surface area contributed by atoms with E-state index in [1.54, 1.807) is 6.07 Å². The number of benzene rings is 1. The van der Waals surface area contributed by atoms with E-state index >= 15 is 0 Å². The molecule has 0 aliphatic heterocycles. The lowest BCUT2D eigenvalue weighted by molar-refractivity contribution is 0.320. The highest BCUT2D eigenvalue weighted by molar-refractivity contribution is 5.75. The Balaban J connectivity index is 2.63. The molecule has 0 N–H and O–H groups in total. The van der Waals surface area contributed by atoms with Crippen LogP contribution >= 0.6 is 0 Å². The molecule has 0 spiro atoms. The predicted molar refractivity (Wildman–Crippen MR) is 64.8 cm³/mol. The monoisotopic (exact) mass is 234 g/mol. The molecule has 0 radical (unpaired) electrons. The molecule has 17 heavy (non-hydrogen) atoms. The van der Waals surface area contributed by atoms with Crippen LogP contribution in [0.15, 0.2) is 18.2 Å². The summed E-state index contributed by atoms with van der Waals surface area (Å²) in [4.78, 5) is 8.80. The molecule has 0 unspecified atom stereocenters. The molecule has 0 bridgehead atoms. The summed E-state index contributed by atoms with van der Waals surface area (Å²) in [6.07, 6.45) is 0. The fraction of sp³-hybridized carbons (Fsp3) is 0.385. The molecule has 90 valence electrons. The van der Waals surface area contributed by atoms with Gasteiger partial charge in [-0.3, -0.25) is 0 Å². The first kappa shape index (κ1) is 11.8. The lowest BCUT2D eigenvalue weighted by Crippen LogP contribution is -2.04. The van der Waals surface area contributed by atoms with Crippen molar-refractivity contribution in [2.24, 2.45) is 0 Å². The molecule has 0 atom stereocenters. The summed E-state index contributed by atoms with van der Waals surface area (Å²) < 4.78 is 18.6. The number of halogens is 1. The van der Waals surface area contributed by atoms with Gasteiger partial charge >= 0.3 is 0 Å². The normalized spacial score (nSPS) is 11.1. The van der Waals surface area contributed by atoms with E-state index in [4.69, 9.17) is 4.74 Å². The SMILES string of the molecule is CCOc1nc2cc(F)ccc2nc1C(C)C. The number of hydrogen-bond acceptors (Lipinski definition) is 3. The van der Waals surface area contributed by atoms with Gasteiger partial charge in [-0.2, -0.15) is 0 Å². The second-order valence-corrected chi connectivity index (χ2v) is 4.13. The number of nitrogens with zero attached hydrogens (tertiary/aromatic N) is 2. The van der Waals surface area contributed by atoms with Crippen LogP contribution < -0.4 is 4.74 Å². The fourth-order valence-corrected chi connectivity index (χ4v) is 1.64. The fourth-order valence-electron chi connectivity index (χ4n) is 1.64. The molecule has 1 aromatic heterocycles. The maximum Gasteiger partial charge on any atom is 0.236 e. The first-order valence-electron chi connectivity index (χ1n) is 5.71. The van der Waals surface area contributed by atoms with Crippen LogP contribution in [0.1, 0.15) is 32.4 Å². The Morgan fingerprint density at radius 3 is 2.65 bits per heavy atom. The highest BCUT2D eigenvalue weighted by Gasteiger charge is 2.13. The number of hydrogen-bond donors (Lipinski definition) is 0. The molecule has 2 aromatic rings. The van der Waals surface area contributed by atoms with Crippen molar-refractivity contribution in [2.75, 3.05) is 6.61 Å². The topological polar surface area (TPSA) is 35.0 Å². The van der Waals surface area contributed by atoms with Gasteiger partial charge in [0, 0.05) is 12.0 Å². The van der Waals surface area contributed by atoms with Crippen molar-refractivity contribution in [3.63, 3.8) is 0 Å². The third-order valence-electron chi connectivity index (χ3n) is 2.45. The van der Waals surface area contributed by atoms with E-state index in [1.807, 2.05) is 20.8 Å². The van der Waals surface area contributed by atoms with Gasteiger partial charge in [-0.1, -0.05) is 13.8 Å². The largest absolute Gasteiger partial charge is 0.477 e. The van der Waals surface area contributed by atoms with Crippen molar-refractivity contribution in [1.29, 1.82) is 0 Å². The second-order valence-electron chi connectivity index (χ2n) is 4.13. The summed E-state index contributed by atoms with van der Waals surface area (Å²) in [6, 6.07) is 4.40. The second kappa shape index (κ2) is 4.65. The van der Waals surface area contributed by atoms with Gasteiger partial charge in [0.15, 0.2) is 0 Å². The maximum atomic E-state index is 13.1. The molecular formula is C13H15FN2O. The average Bonchev–Trinajstić information content (AvgIpc) is 2.28. The van der Waals surface area contributed by atoms with E-state index in [0.29, 0.717) is 23.5 Å². The van der Waals surface area contributed by atoms with Gasteiger partial charge in [0.25, 0.3) is 0 Å². The van der Waals surface area contributed by atoms with Crippen LogP contribution in [0, 0.1) is 5.82 Å². The molecule has 0 saturated carbocycles. The van der Waals surface area contributed by atoms with Gasteiger partial charge in [-0.05, 0) is 19.1 Å². The van der Waals surface area contributed by atoms with Crippen molar-refractivity contribution in [3.05, 3.63) is 29.7 Å². The molecule has 0 aliphatic rings. The summed E-state index contributed by atoms with van der Waals surface area (Å²) >= 11 is 0. The molecule has 0 aliphatic carbocycles. The Hall–Kier alpha value is -1.71. The van der Waals surface area contributed by atoms with Gasteiger partial charge in [-0.25, -0.2) is 14.4 Å². The molecule has 0 saturated heterocycles. The maximum absolute atomic E-state index is 13.1. The summed E-state index contributed by atoms with van der Waals surface area (Å²) in [5.74, 6) is 0.408. The van der Waals surface area contributed by atoms with Gasteiger partial charge in [-0.15, -0.1) is 0 Å². The number of ether oxygens (including phenoxy) is 1. The number of rotatable bonds is 3. The summed E-state index contributed by atoms with van der Waals surface area (Å²) in [5, 5.41) is 0. The Morgan fingerprint density at radius 2 is 2.00 bits per heavy atom. The Morgan fingerprint density at radius 1 is 1.24 bits per heavy atom. The van der Waals surface area contributed by atoms with E-state index < -0.39 is 0 Å².